The SMILES string of the molecule is C=Cc1cc(CC)ccc1N(C)S(=O)(=O)C1=C(C)C=CCC1. The van der Waals surface area contributed by atoms with Crippen LogP contribution in [0.4, 0.5) is 5.69 Å². The molecule has 0 atom stereocenters. The minimum absolute atomic E-state index is 0.507. The van der Waals surface area contributed by atoms with Gasteiger partial charge < -0.3 is 0 Å². The Balaban J connectivity index is 2.49. The van der Waals surface area contributed by atoms with Gasteiger partial charge in [0.2, 0.25) is 0 Å². The largest absolute Gasteiger partial charge is 0.269 e. The molecule has 2 rings (SSSR count). The fourth-order valence-electron chi connectivity index (χ4n) is 2.67. The summed E-state index contributed by atoms with van der Waals surface area (Å²) in [6.45, 7) is 7.74. The van der Waals surface area contributed by atoms with Crippen molar-refractivity contribution in [3.63, 3.8) is 0 Å². The van der Waals surface area contributed by atoms with Crippen molar-refractivity contribution >= 4 is 21.8 Å². The summed E-state index contributed by atoms with van der Waals surface area (Å²) in [6.07, 6.45) is 7.85. The first kappa shape index (κ1) is 16.6. The molecule has 22 heavy (non-hydrogen) atoms. The number of anilines is 1. The van der Waals surface area contributed by atoms with Gasteiger partial charge in [-0.2, -0.15) is 0 Å². The standard InChI is InChI=1S/C18H23NO2S/c1-5-15-11-12-17(16(6-2)13-15)19(4)22(20,21)18-10-8-7-9-14(18)3/h6-7,9,11-13H,2,5,8,10H2,1,3-4H3. The average molecular weight is 317 g/mol. The fraction of sp³-hybridized carbons (Fsp3) is 0.333. The van der Waals surface area contributed by atoms with Gasteiger partial charge in [-0.25, -0.2) is 8.42 Å². The molecule has 118 valence electrons. The van der Waals surface area contributed by atoms with Crippen LogP contribution >= 0.6 is 0 Å². The molecule has 3 nitrogen and oxygen atoms in total. The van der Waals surface area contributed by atoms with Gasteiger partial charge in [0.15, 0.2) is 0 Å². The molecule has 0 heterocycles. The maximum atomic E-state index is 12.9. The smallest absolute Gasteiger partial charge is 0.260 e. The van der Waals surface area contributed by atoms with E-state index >= 15 is 0 Å². The maximum Gasteiger partial charge on any atom is 0.260 e. The highest BCUT2D eigenvalue weighted by Gasteiger charge is 2.27. The van der Waals surface area contributed by atoms with Crippen molar-refractivity contribution in [2.75, 3.05) is 11.4 Å². The van der Waals surface area contributed by atoms with Crippen molar-refractivity contribution in [3.05, 3.63) is 58.5 Å². The number of hydrogen-bond donors (Lipinski definition) is 0. The first-order valence-electron chi connectivity index (χ1n) is 7.52. The maximum absolute atomic E-state index is 12.9. The van der Waals surface area contributed by atoms with E-state index in [9.17, 15) is 8.42 Å². The summed E-state index contributed by atoms with van der Waals surface area (Å²) >= 11 is 0. The molecule has 0 unspecified atom stereocenters. The predicted octanol–water partition coefficient (Wildman–Crippen LogP) is 4.28. The summed E-state index contributed by atoms with van der Waals surface area (Å²) in [5.74, 6) is 0. The Morgan fingerprint density at radius 3 is 2.68 bits per heavy atom. The number of nitrogens with zero attached hydrogens (tertiary/aromatic N) is 1. The number of benzene rings is 1. The lowest BCUT2D eigenvalue weighted by Crippen LogP contribution is -2.29. The van der Waals surface area contributed by atoms with Crippen LogP contribution in [0.3, 0.4) is 0 Å². The van der Waals surface area contributed by atoms with Crippen LogP contribution in [0, 0.1) is 0 Å². The molecule has 1 aliphatic rings. The zero-order chi connectivity index (χ0) is 16.3. The third-order valence-corrected chi connectivity index (χ3v) is 6.14. The molecular weight excluding hydrogens is 294 g/mol. The highest BCUT2D eigenvalue weighted by molar-refractivity contribution is 7.96. The van der Waals surface area contributed by atoms with Crippen LogP contribution < -0.4 is 4.31 Å². The number of aryl methyl sites for hydroxylation is 1. The lowest BCUT2D eigenvalue weighted by Gasteiger charge is -2.25. The number of rotatable bonds is 5. The molecule has 0 N–H and O–H groups in total. The molecule has 0 spiro atoms. The predicted molar refractivity (Wildman–Crippen MR) is 94.3 cm³/mol. The Morgan fingerprint density at radius 2 is 2.09 bits per heavy atom. The Bertz CT molecular complexity index is 742. The Kier molecular flexibility index (Phi) is 4.91. The van der Waals surface area contributed by atoms with Gasteiger partial charge in [0.25, 0.3) is 10.0 Å². The summed E-state index contributed by atoms with van der Waals surface area (Å²) in [4.78, 5) is 0.507. The van der Waals surface area contributed by atoms with Gasteiger partial charge in [0.1, 0.15) is 0 Å². The van der Waals surface area contributed by atoms with E-state index in [4.69, 9.17) is 0 Å². The third-order valence-electron chi connectivity index (χ3n) is 4.08. The van der Waals surface area contributed by atoms with Crippen molar-refractivity contribution in [2.45, 2.75) is 33.1 Å². The Morgan fingerprint density at radius 1 is 1.36 bits per heavy atom. The molecule has 0 bridgehead atoms. The third kappa shape index (κ3) is 3.02. The summed E-state index contributed by atoms with van der Waals surface area (Å²) in [7, 11) is -1.89. The molecule has 0 radical (unpaired) electrons. The van der Waals surface area contributed by atoms with E-state index in [-0.39, 0.29) is 0 Å². The molecule has 1 aromatic rings. The van der Waals surface area contributed by atoms with E-state index in [0.29, 0.717) is 17.0 Å². The normalized spacial score (nSPS) is 15.0. The van der Waals surface area contributed by atoms with E-state index < -0.39 is 10.0 Å². The van der Waals surface area contributed by atoms with Gasteiger partial charge in [-0.1, -0.05) is 37.8 Å². The molecule has 0 fully saturated rings. The molecule has 0 saturated heterocycles. The first-order chi connectivity index (χ1) is 10.4. The molecule has 0 saturated carbocycles. The molecule has 4 heteroatoms. The summed E-state index contributed by atoms with van der Waals surface area (Å²) < 4.78 is 27.2. The lowest BCUT2D eigenvalue weighted by molar-refractivity contribution is 0.597. The van der Waals surface area contributed by atoms with Gasteiger partial charge in [-0.05, 0) is 55.0 Å². The lowest BCUT2D eigenvalue weighted by atomic mass is 10.1. The van der Waals surface area contributed by atoms with E-state index in [1.807, 2.05) is 37.3 Å². The van der Waals surface area contributed by atoms with E-state index in [1.165, 1.54) is 9.87 Å². The zero-order valence-corrected chi connectivity index (χ0v) is 14.3. The molecule has 1 aromatic carbocycles. The van der Waals surface area contributed by atoms with Crippen LogP contribution in [0.25, 0.3) is 6.08 Å². The van der Waals surface area contributed by atoms with Crippen LogP contribution in [0.5, 0.6) is 0 Å². The van der Waals surface area contributed by atoms with Gasteiger partial charge in [0, 0.05) is 7.05 Å². The number of hydrogen-bond acceptors (Lipinski definition) is 2. The second-order valence-corrected chi connectivity index (χ2v) is 7.46. The first-order valence-corrected chi connectivity index (χ1v) is 8.96. The van der Waals surface area contributed by atoms with Gasteiger partial charge in [0.05, 0.1) is 10.6 Å². The van der Waals surface area contributed by atoms with Gasteiger partial charge in [-0.3, -0.25) is 4.31 Å². The van der Waals surface area contributed by atoms with E-state index in [2.05, 4.69) is 13.5 Å². The average Bonchev–Trinajstić information content (AvgIpc) is 2.53. The summed E-state index contributed by atoms with van der Waals surface area (Å²) in [5.41, 5.74) is 3.50. The molecular formula is C18H23NO2S. The quantitative estimate of drug-likeness (QED) is 0.812. The highest BCUT2D eigenvalue weighted by Crippen LogP contribution is 2.31. The Labute approximate surface area is 133 Å². The van der Waals surface area contributed by atoms with Crippen LogP contribution in [0.2, 0.25) is 0 Å². The Hall–Kier alpha value is -1.81. The van der Waals surface area contributed by atoms with Crippen molar-refractivity contribution in [1.29, 1.82) is 0 Å². The fourth-order valence-corrected chi connectivity index (χ4v) is 4.27. The van der Waals surface area contributed by atoms with Crippen LogP contribution in [-0.4, -0.2) is 15.5 Å². The van der Waals surface area contributed by atoms with Crippen molar-refractivity contribution in [1.82, 2.24) is 0 Å². The number of allylic oxidation sites excluding steroid dienone is 4. The molecule has 0 amide bonds. The summed E-state index contributed by atoms with van der Waals surface area (Å²) in [6, 6.07) is 5.83. The molecule has 1 aliphatic carbocycles. The monoisotopic (exact) mass is 317 g/mol. The van der Waals surface area contributed by atoms with Gasteiger partial charge >= 0.3 is 0 Å². The topological polar surface area (TPSA) is 37.4 Å². The zero-order valence-electron chi connectivity index (χ0n) is 13.5. The van der Waals surface area contributed by atoms with Crippen molar-refractivity contribution in [2.24, 2.45) is 0 Å². The van der Waals surface area contributed by atoms with E-state index in [0.717, 1.165) is 24.0 Å². The second-order valence-electron chi connectivity index (χ2n) is 5.47. The molecule has 0 aromatic heterocycles. The van der Waals surface area contributed by atoms with Gasteiger partial charge in [-0.15, -0.1) is 0 Å². The second kappa shape index (κ2) is 6.53. The van der Waals surface area contributed by atoms with Crippen LogP contribution in [0.1, 0.15) is 37.8 Å². The summed E-state index contributed by atoms with van der Waals surface area (Å²) in [5, 5.41) is 0. The van der Waals surface area contributed by atoms with Crippen molar-refractivity contribution < 1.29 is 8.42 Å². The minimum Gasteiger partial charge on any atom is -0.269 e. The number of sulfonamides is 1. The van der Waals surface area contributed by atoms with Crippen molar-refractivity contribution in [3.8, 4) is 0 Å². The van der Waals surface area contributed by atoms with E-state index in [1.54, 1.807) is 13.1 Å². The highest BCUT2D eigenvalue weighted by atomic mass is 32.2. The van der Waals surface area contributed by atoms with Crippen LogP contribution in [0.15, 0.2) is 47.4 Å². The molecule has 0 aliphatic heterocycles. The minimum atomic E-state index is -3.50. The van der Waals surface area contributed by atoms with Crippen LogP contribution in [-0.2, 0) is 16.4 Å².